The van der Waals surface area contributed by atoms with Crippen molar-refractivity contribution in [3.8, 4) is 0 Å². The third-order valence-electron chi connectivity index (χ3n) is 4.34. The number of amides is 2. The lowest BCUT2D eigenvalue weighted by Gasteiger charge is -2.26. The van der Waals surface area contributed by atoms with Crippen molar-refractivity contribution < 1.29 is 9.32 Å². The number of aryl methyl sites for hydroxylation is 1. The van der Waals surface area contributed by atoms with Crippen LogP contribution in [-0.2, 0) is 6.54 Å². The molecule has 3 heterocycles. The number of hydrogen-bond donors (Lipinski definition) is 1. The normalized spacial score (nSPS) is 18.6. The van der Waals surface area contributed by atoms with E-state index in [2.05, 4.69) is 27.4 Å². The van der Waals surface area contributed by atoms with E-state index in [0.717, 1.165) is 38.0 Å². The number of carbonyl (C=O) groups is 1. The number of carbonyl (C=O) groups excluding carboxylic acids is 1. The van der Waals surface area contributed by atoms with Gasteiger partial charge in [-0.3, -0.25) is 4.90 Å². The van der Waals surface area contributed by atoms with Crippen LogP contribution in [0.3, 0.4) is 0 Å². The second-order valence-corrected chi connectivity index (χ2v) is 6.94. The van der Waals surface area contributed by atoms with Crippen LogP contribution in [0.1, 0.15) is 31.0 Å². The van der Waals surface area contributed by atoms with Gasteiger partial charge in [-0.25, -0.2) is 4.79 Å². The van der Waals surface area contributed by atoms with Gasteiger partial charge in [-0.2, -0.15) is 16.3 Å². The van der Waals surface area contributed by atoms with E-state index in [-0.39, 0.29) is 6.03 Å². The summed E-state index contributed by atoms with van der Waals surface area (Å²) in [5, 5.41) is 10.8. The first kappa shape index (κ1) is 16.9. The van der Waals surface area contributed by atoms with Crippen molar-refractivity contribution in [3.05, 3.63) is 28.5 Å². The molecular weight excluding hydrogens is 326 g/mol. The van der Waals surface area contributed by atoms with E-state index in [0.29, 0.717) is 24.3 Å². The van der Waals surface area contributed by atoms with E-state index in [1.54, 1.807) is 18.3 Å². The Hall–Kier alpha value is -1.93. The van der Waals surface area contributed by atoms with Crippen molar-refractivity contribution in [2.75, 3.05) is 25.5 Å². The van der Waals surface area contributed by atoms with Gasteiger partial charge in [0.15, 0.2) is 5.82 Å². The Kier molecular flexibility index (Phi) is 5.47. The molecule has 1 fully saturated rings. The number of urea groups is 1. The lowest BCUT2D eigenvalue weighted by atomic mass is 10.1. The molecule has 0 bridgehead atoms. The first-order chi connectivity index (χ1) is 11.6. The zero-order valence-electron chi connectivity index (χ0n) is 14.1. The van der Waals surface area contributed by atoms with Gasteiger partial charge in [-0.15, -0.1) is 0 Å². The molecule has 1 aliphatic heterocycles. The maximum atomic E-state index is 12.4. The Labute approximate surface area is 145 Å². The maximum absolute atomic E-state index is 12.4. The molecule has 1 unspecified atom stereocenters. The molecule has 2 amide bonds. The molecule has 24 heavy (non-hydrogen) atoms. The molecule has 7 nitrogen and oxygen atoms in total. The van der Waals surface area contributed by atoms with E-state index in [9.17, 15) is 4.79 Å². The second kappa shape index (κ2) is 7.76. The molecule has 1 N–H and O–H groups in total. The van der Waals surface area contributed by atoms with Crippen LogP contribution < -0.4 is 5.32 Å². The largest absolute Gasteiger partial charge is 0.340 e. The summed E-state index contributed by atoms with van der Waals surface area (Å²) in [5.41, 5.74) is 0.871. The standard InChI is InChI=1S/C16H23N5O2S/c1-12-17-15(19-23-12)10-20(2)14-4-3-7-21(8-5-14)16(22)18-13-6-9-24-11-13/h6,9,11,14H,3-5,7-8,10H2,1-2H3,(H,18,22). The third-order valence-corrected chi connectivity index (χ3v) is 5.02. The smallest absolute Gasteiger partial charge is 0.321 e. The van der Waals surface area contributed by atoms with Crippen molar-refractivity contribution in [2.45, 2.75) is 38.8 Å². The summed E-state index contributed by atoms with van der Waals surface area (Å²) in [6.45, 7) is 4.02. The highest BCUT2D eigenvalue weighted by Gasteiger charge is 2.24. The molecule has 8 heteroatoms. The van der Waals surface area contributed by atoms with Gasteiger partial charge in [0.2, 0.25) is 5.89 Å². The molecule has 2 aromatic heterocycles. The number of hydrogen-bond acceptors (Lipinski definition) is 6. The van der Waals surface area contributed by atoms with Crippen LogP contribution in [-0.4, -0.2) is 52.2 Å². The van der Waals surface area contributed by atoms with Crippen molar-refractivity contribution >= 4 is 23.1 Å². The lowest BCUT2D eigenvalue weighted by molar-refractivity contribution is 0.197. The van der Waals surface area contributed by atoms with Crippen molar-refractivity contribution in [1.82, 2.24) is 19.9 Å². The minimum absolute atomic E-state index is 0.00880. The molecule has 1 saturated heterocycles. The van der Waals surface area contributed by atoms with Gasteiger partial charge in [0, 0.05) is 31.4 Å². The zero-order chi connectivity index (χ0) is 16.9. The molecule has 0 aromatic carbocycles. The van der Waals surface area contributed by atoms with Crippen LogP contribution in [0.2, 0.25) is 0 Å². The van der Waals surface area contributed by atoms with Crippen molar-refractivity contribution in [1.29, 1.82) is 0 Å². The topological polar surface area (TPSA) is 74.5 Å². The molecule has 0 aliphatic carbocycles. The zero-order valence-corrected chi connectivity index (χ0v) is 14.9. The minimum Gasteiger partial charge on any atom is -0.340 e. The number of anilines is 1. The van der Waals surface area contributed by atoms with Gasteiger partial charge in [0.1, 0.15) is 0 Å². The molecule has 0 spiro atoms. The van der Waals surface area contributed by atoms with Gasteiger partial charge in [0.05, 0.1) is 12.2 Å². The van der Waals surface area contributed by atoms with Gasteiger partial charge in [-0.05, 0) is 37.8 Å². The van der Waals surface area contributed by atoms with Crippen molar-refractivity contribution in [2.24, 2.45) is 0 Å². The Morgan fingerprint density at radius 1 is 1.50 bits per heavy atom. The SMILES string of the molecule is Cc1nc(CN(C)C2CCCN(C(=O)Nc3ccsc3)CC2)no1. The number of aromatic nitrogens is 2. The monoisotopic (exact) mass is 349 g/mol. The van der Waals surface area contributed by atoms with Crippen LogP contribution in [0.15, 0.2) is 21.3 Å². The summed E-state index contributed by atoms with van der Waals surface area (Å²) in [6, 6.07) is 2.33. The predicted octanol–water partition coefficient (Wildman–Crippen LogP) is 2.96. The first-order valence-electron chi connectivity index (χ1n) is 8.19. The molecule has 1 atom stereocenters. The lowest BCUT2D eigenvalue weighted by Crippen LogP contribution is -2.37. The second-order valence-electron chi connectivity index (χ2n) is 6.16. The maximum Gasteiger partial charge on any atom is 0.321 e. The Morgan fingerprint density at radius 2 is 2.38 bits per heavy atom. The fourth-order valence-electron chi connectivity index (χ4n) is 3.02. The van der Waals surface area contributed by atoms with Gasteiger partial charge in [0.25, 0.3) is 0 Å². The van der Waals surface area contributed by atoms with Crippen LogP contribution in [0, 0.1) is 6.92 Å². The van der Waals surface area contributed by atoms with Crippen LogP contribution >= 0.6 is 11.3 Å². The summed E-state index contributed by atoms with van der Waals surface area (Å²) in [6.07, 6.45) is 3.01. The van der Waals surface area contributed by atoms with E-state index < -0.39 is 0 Å². The van der Waals surface area contributed by atoms with E-state index >= 15 is 0 Å². The fraction of sp³-hybridized carbons (Fsp3) is 0.562. The Morgan fingerprint density at radius 3 is 3.08 bits per heavy atom. The summed E-state index contributed by atoms with van der Waals surface area (Å²) in [5.74, 6) is 1.31. The number of thiophene rings is 1. The van der Waals surface area contributed by atoms with Gasteiger partial charge >= 0.3 is 6.03 Å². The molecule has 0 radical (unpaired) electrons. The number of nitrogens with zero attached hydrogens (tertiary/aromatic N) is 4. The van der Waals surface area contributed by atoms with Gasteiger partial charge in [-0.1, -0.05) is 5.16 Å². The molecule has 3 rings (SSSR count). The first-order valence-corrected chi connectivity index (χ1v) is 9.13. The molecule has 2 aromatic rings. The highest BCUT2D eigenvalue weighted by Crippen LogP contribution is 2.19. The highest BCUT2D eigenvalue weighted by atomic mass is 32.1. The predicted molar refractivity (Wildman–Crippen MR) is 93.1 cm³/mol. The van der Waals surface area contributed by atoms with E-state index in [1.165, 1.54) is 0 Å². The van der Waals surface area contributed by atoms with Crippen LogP contribution in [0.5, 0.6) is 0 Å². The third kappa shape index (κ3) is 4.33. The summed E-state index contributed by atoms with van der Waals surface area (Å²) in [7, 11) is 2.08. The fourth-order valence-corrected chi connectivity index (χ4v) is 3.61. The Bertz CT molecular complexity index is 657. The number of likely N-dealkylation sites (tertiary alicyclic amines) is 1. The minimum atomic E-state index is -0.00880. The Balaban J connectivity index is 1.51. The average molecular weight is 349 g/mol. The number of nitrogens with one attached hydrogen (secondary N) is 1. The highest BCUT2D eigenvalue weighted by molar-refractivity contribution is 7.08. The van der Waals surface area contributed by atoms with Crippen LogP contribution in [0.4, 0.5) is 10.5 Å². The summed E-state index contributed by atoms with van der Waals surface area (Å²) >= 11 is 1.58. The number of rotatable bonds is 4. The van der Waals surface area contributed by atoms with E-state index in [4.69, 9.17) is 4.52 Å². The quantitative estimate of drug-likeness (QED) is 0.918. The summed E-state index contributed by atoms with van der Waals surface area (Å²) < 4.78 is 5.03. The summed E-state index contributed by atoms with van der Waals surface area (Å²) in [4.78, 5) is 20.8. The molecule has 130 valence electrons. The van der Waals surface area contributed by atoms with E-state index in [1.807, 2.05) is 21.7 Å². The molecule has 1 aliphatic rings. The average Bonchev–Trinajstić information content (AvgIpc) is 3.12. The molecular formula is C16H23N5O2S. The van der Waals surface area contributed by atoms with Gasteiger partial charge < -0.3 is 14.7 Å². The molecule has 0 saturated carbocycles. The van der Waals surface area contributed by atoms with Crippen molar-refractivity contribution in [3.63, 3.8) is 0 Å². The van der Waals surface area contributed by atoms with Crippen LogP contribution in [0.25, 0.3) is 0 Å².